The van der Waals surface area contributed by atoms with Crippen LogP contribution in [0.5, 0.6) is 0 Å². The fourth-order valence-corrected chi connectivity index (χ4v) is 3.78. The lowest BCUT2D eigenvalue weighted by atomic mass is 10.2. The fraction of sp³-hybridized carbons (Fsp3) is 0.353. The van der Waals surface area contributed by atoms with E-state index in [1.165, 1.54) is 23.1 Å². The first kappa shape index (κ1) is 18.5. The van der Waals surface area contributed by atoms with E-state index in [0.717, 1.165) is 28.8 Å². The molecule has 0 spiro atoms. The molecule has 1 amide bonds. The molecule has 3 aromatic heterocycles. The molecule has 9 heteroatoms. The second-order valence-corrected chi connectivity index (χ2v) is 7.98. The highest BCUT2D eigenvalue weighted by Crippen LogP contribution is 2.25. The minimum Gasteiger partial charge on any atom is -0.302 e. The molecule has 0 aliphatic rings. The third-order valence-corrected chi connectivity index (χ3v) is 5.22. The van der Waals surface area contributed by atoms with E-state index in [-0.39, 0.29) is 11.7 Å². The Balaban J connectivity index is 1.72. The summed E-state index contributed by atoms with van der Waals surface area (Å²) in [6.45, 7) is 6.94. The molecule has 0 saturated heterocycles. The van der Waals surface area contributed by atoms with Gasteiger partial charge in [0, 0.05) is 29.9 Å². The predicted molar refractivity (Wildman–Crippen MR) is 104 cm³/mol. The average Bonchev–Trinajstić information content (AvgIpc) is 3.19. The molecule has 0 aliphatic carbocycles. The molecule has 3 aromatic rings. The number of anilines is 1. The van der Waals surface area contributed by atoms with Crippen molar-refractivity contribution in [2.24, 2.45) is 5.92 Å². The van der Waals surface area contributed by atoms with Crippen molar-refractivity contribution in [3.8, 4) is 11.4 Å². The number of nitrogens with zero attached hydrogens (tertiary/aromatic N) is 5. The van der Waals surface area contributed by atoms with Crippen LogP contribution in [-0.2, 0) is 11.3 Å². The second kappa shape index (κ2) is 8.41. The van der Waals surface area contributed by atoms with Crippen LogP contribution in [0.3, 0.4) is 0 Å². The Kier molecular flexibility index (Phi) is 6.00. The Morgan fingerprint density at radius 1 is 1.38 bits per heavy atom. The molecular weight excluding hydrogens is 368 g/mol. The SMILES string of the molecule is Cc1csc(NC(=O)CSc2nnc(-c3cccnc3)n2CC(C)C)n1. The summed E-state index contributed by atoms with van der Waals surface area (Å²) in [6, 6.07) is 3.83. The molecule has 0 saturated carbocycles. The lowest BCUT2D eigenvalue weighted by Gasteiger charge is -2.12. The molecule has 3 rings (SSSR count). The number of aryl methyl sites for hydroxylation is 1. The summed E-state index contributed by atoms with van der Waals surface area (Å²) in [4.78, 5) is 20.6. The molecule has 0 radical (unpaired) electrons. The molecule has 1 N–H and O–H groups in total. The molecule has 26 heavy (non-hydrogen) atoms. The molecule has 7 nitrogen and oxygen atoms in total. The first-order valence-corrected chi connectivity index (χ1v) is 10.1. The zero-order valence-corrected chi connectivity index (χ0v) is 16.5. The Morgan fingerprint density at radius 3 is 2.88 bits per heavy atom. The molecule has 0 unspecified atom stereocenters. The minimum absolute atomic E-state index is 0.105. The number of rotatable bonds is 7. The summed E-state index contributed by atoms with van der Waals surface area (Å²) in [7, 11) is 0. The number of carbonyl (C=O) groups excluding carboxylic acids is 1. The number of carbonyl (C=O) groups is 1. The van der Waals surface area contributed by atoms with Gasteiger partial charge in [-0.2, -0.15) is 0 Å². The van der Waals surface area contributed by atoms with E-state index in [1.807, 2.05) is 29.0 Å². The standard InChI is InChI=1S/C17H20N6OS2/c1-11(2)8-23-15(13-5-4-6-18-7-13)21-22-17(23)26-10-14(24)20-16-19-12(3)9-25-16/h4-7,9,11H,8,10H2,1-3H3,(H,19,20,24). The summed E-state index contributed by atoms with van der Waals surface area (Å²) in [5.41, 5.74) is 1.81. The van der Waals surface area contributed by atoms with Crippen molar-refractivity contribution in [1.82, 2.24) is 24.7 Å². The van der Waals surface area contributed by atoms with Crippen LogP contribution in [0.1, 0.15) is 19.5 Å². The van der Waals surface area contributed by atoms with Gasteiger partial charge < -0.3 is 9.88 Å². The van der Waals surface area contributed by atoms with Gasteiger partial charge in [0.15, 0.2) is 16.1 Å². The zero-order valence-electron chi connectivity index (χ0n) is 14.8. The highest BCUT2D eigenvalue weighted by Gasteiger charge is 2.17. The van der Waals surface area contributed by atoms with E-state index in [4.69, 9.17) is 0 Å². The normalized spacial score (nSPS) is 11.1. The number of aromatic nitrogens is 5. The van der Waals surface area contributed by atoms with Gasteiger partial charge in [0.25, 0.3) is 0 Å². The summed E-state index contributed by atoms with van der Waals surface area (Å²) in [5.74, 6) is 1.34. The highest BCUT2D eigenvalue weighted by molar-refractivity contribution is 7.99. The van der Waals surface area contributed by atoms with Crippen LogP contribution in [0.25, 0.3) is 11.4 Å². The van der Waals surface area contributed by atoms with Crippen molar-refractivity contribution in [3.63, 3.8) is 0 Å². The van der Waals surface area contributed by atoms with Crippen molar-refractivity contribution in [1.29, 1.82) is 0 Å². The van der Waals surface area contributed by atoms with Gasteiger partial charge in [-0.3, -0.25) is 9.78 Å². The third kappa shape index (κ3) is 4.67. The van der Waals surface area contributed by atoms with Crippen LogP contribution < -0.4 is 5.32 Å². The fourth-order valence-electron chi connectivity index (χ4n) is 2.33. The van der Waals surface area contributed by atoms with Gasteiger partial charge in [-0.25, -0.2) is 4.98 Å². The quantitative estimate of drug-likeness (QED) is 0.624. The Labute approximate surface area is 160 Å². The van der Waals surface area contributed by atoms with Crippen LogP contribution in [0.15, 0.2) is 35.1 Å². The first-order chi connectivity index (χ1) is 12.5. The van der Waals surface area contributed by atoms with E-state index in [0.29, 0.717) is 11.0 Å². The van der Waals surface area contributed by atoms with Crippen LogP contribution in [0, 0.1) is 12.8 Å². The predicted octanol–water partition coefficient (Wildman–Crippen LogP) is 3.49. The molecule has 0 atom stereocenters. The van der Waals surface area contributed by atoms with Crippen LogP contribution in [-0.4, -0.2) is 36.4 Å². The van der Waals surface area contributed by atoms with E-state index in [1.54, 1.807) is 12.4 Å². The van der Waals surface area contributed by atoms with Gasteiger partial charge in [-0.15, -0.1) is 21.5 Å². The number of amides is 1. The third-order valence-electron chi connectivity index (χ3n) is 3.38. The monoisotopic (exact) mass is 388 g/mol. The first-order valence-electron chi connectivity index (χ1n) is 8.21. The number of thiazole rings is 1. The smallest absolute Gasteiger partial charge is 0.236 e. The Hall–Kier alpha value is -2.26. The molecule has 0 bridgehead atoms. The second-order valence-electron chi connectivity index (χ2n) is 6.18. The van der Waals surface area contributed by atoms with Crippen molar-refractivity contribution in [3.05, 3.63) is 35.6 Å². The van der Waals surface area contributed by atoms with Crippen molar-refractivity contribution < 1.29 is 4.79 Å². The van der Waals surface area contributed by atoms with Gasteiger partial charge in [-0.05, 0) is 25.0 Å². The van der Waals surface area contributed by atoms with Gasteiger partial charge in [0.1, 0.15) is 0 Å². The van der Waals surface area contributed by atoms with Crippen molar-refractivity contribution in [2.45, 2.75) is 32.5 Å². The summed E-state index contributed by atoms with van der Waals surface area (Å²) in [6.07, 6.45) is 3.50. The molecule has 0 fully saturated rings. The molecule has 3 heterocycles. The molecule has 136 valence electrons. The number of thioether (sulfide) groups is 1. The summed E-state index contributed by atoms with van der Waals surface area (Å²) >= 11 is 2.79. The number of hydrogen-bond donors (Lipinski definition) is 1. The average molecular weight is 389 g/mol. The zero-order chi connectivity index (χ0) is 18.5. The maximum absolute atomic E-state index is 12.2. The molecular formula is C17H20N6OS2. The van der Waals surface area contributed by atoms with E-state index < -0.39 is 0 Å². The summed E-state index contributed by atoms with van der Waals surface area (Å²) < 4.78 is 2.05. The Morgan fingerprint density at radius 2 is 2.23 bits per heavy atom. The van der Waals surface area contributed by atoms with Crippen molar-refractivity contribution in [2.75, 3.05) is 11.1 Å². The molecule has 0 aromatic carbocycles. The lowest BCUT2D eigenvalue weighted by molar-refractivity contribution is -0.113. The molecule has 0 aliphatic heterocycles. The largest absolute Gasteiger partial charge is 0.302 e. The van der Waals surface area contributed by atoms with Gasteiger partial charge in [-0.1, -0.05) is 25.6 Å². The Bertz CT molecular complexity index is 875. The number of pyridine rings is 1. The summed E-state index contributed by atoms with van der Waals surface area (Å²) in [5, 5.41) is 14.7. The maximum Gasteiger partial charge on any atom is 0.236 e. The number of hydrogen-bond acceptors (Lipinski definition) is 7. The van der Waals surface area contributed by atoms with Gasteiger partial charge in [0.2, 0.25) is 5.91 Å². The van der Waals surface area contributed by atoms with Crippen molar-refractivity contribution >= 4 is 34.1 Å². The maximum atomic E-state index is 12.2. The number of nitrogens with one attached hydrogen (secondary N) is 1. The highest BCUT2D eigenvalue weighted by atomic mass is 32.2. The lowest BCUT2D eigenvalue weighted by Crippen LogP contribution is -2.15. The van der Waals surface area contributed by atoms with Crippen LogP contribution in [0.4, 0.5) is 5.13 Å². The van der Waals surface area contributed by atoms with Gasteiger partial charge >= 0.3 is 0 Å². The van der Waals surface area contributed by atoms with E-state index in [9.17, 15) is 4.79 Å². The van der Waals surface area contributed by atoms with Gasteiger partial charge in [0.05, 0.1) is 11.4 Å². The van der Waals surface area contributed by atoms with Crippen LogP contribution >= 0.6 is 23.1 Å². The van der Waals surface area contributed by atoms with E-state index in [2.05, 4.69) is 39.3 Å². The van der Waals surface area contributed by atoms with E-state index >= 15 is 0 Å². The minimum atomic E-state index is -0.105. The topological polar surface area (TPSA) is 85.6 Å². The van der Waals surface area contributed by atoms with Crippen LogP contribution in [0.2, 0.25) is 0 Å².